The third kappa shape index (κ3) is 4.06. The van der Waals surface area contributed by atoms with Crippen LogP contribution in [0.2, 0.25) is 0 Å². The van der Waals surface area contributed by atoms with E-state index in [2.05, 4.69) is 10.3 Å². The van der Waals surface area contributed by atoms with Gasteiger partial charge in [-0.3, -0.25) is 4.79 Å². The minimum Gasteiger partial charge on any atom is -0.483 e. The number of amides is 1. The van der Waals surface area contributed by atoms with Crippen LogP contribution in [0, 0.1) is 20.8 Å². The van der Waals surface area contributed by atoms with Gasteiger partial charge in [0.05, 0.1) is 16.4 Å². The number of ether oxygens (including phenoxy) is 1. The van der Waals surface area contributed by atoms with Crippen molar-refractivity contribution in [3.8, 4) is 17.0 Å². The average molecular weight is 352 g/mol. The summed E-state index contributed by atoms with van der Waals surface area (Å²) in [5.74, 6) is 0.541. The van der Waals surface area contributed by atoms with Crippen LogP contribution in [-0.2, 0) is 4.79 Å². The predicted octanol–water partition coefficient (Wildman–Crippen LogP) is 4.75. The van der Waals surface area contributed by atoms with Gasteiger partial charge in [-0.1, -0.05) is 30.3 Å². The highest BCUT2D eigenvalue weighted by molar-refractivity contribution is 7.09. The van der Waals surface area contributed by atoms with Crippen molar-refractivity contribution >= 4 is 22.9 Å². The van der Waals surface area contributed by atoms with Crippen LogP contribution in [0.4, 0.5) is 5.69 Å². The number of rotatable bonds is 5. The maximum Gasteiger partial charge on any atom is 0.262 e. The first-order valence-corrected chi connectivity index (χ1v) is 8.93. The molecule has 0 aliphatic heterocycles. The summed E-state index contributed by atoms with van der Waals surface area (Å²) in [5, 5.41) is 5.91. The second-order valence-electron chi connectivity index (χ2n) is 5.83. The number of anilines is 1. The number of carbonyl (C=O) groups excluding carboxylic acids is 1. The van der Waals surface area contributed by atoms with Gasteiger partial charge in [0.25, 0.3) is 5.91 Å². The molecule has 128 valence electrons. The van der Waals surface area contributed by atoms with E-state index < -0.39 is 0 Å². The fraction of sp³-hybridized carbons (Fsp3) is 0.200. The average Bonchev–Trinajstić information content (AvgIpc) is 3.03. The fourth-order valence-corrected chi connectivity index (χ4v) is 3.13. The van der Waals surface area contributed by atoms with Crippen LogP contribution >= 0.6 is 11.3 Å². The Morgan fingerprint density at radius 1 is 1.12 bits per heavy atom. The lowest BCUT2D eigenvalue weighted by molar-refractivity contribution is -0.118. The number of aromatic nitrogens is 1. The van der Waals surface area contributed by atoms with E-state index >= 15 is 0 Å². The van der Waals surface area contributed by atoms with E-state index in [9.17, 15) is 4.79 Å². The molecular weight excluding hydrogens is 332 g/mol. The summed E-state index contributed by atoms with van der Waals surface area (Å²) in [4.78, 5) is 16.8. The molecule has 0 saturated heterocycles. The monoisotopic (exact) mass is 352 g/mol. The molecule has 3 rings (SSSR count). The standard InChI is InChI=1S/C20H20N2O2S/c1-13-7-6-10-19(14(13)2)24-11-20(23)22-17-9-5-4-8-16(17)18-12-25-15(3)21-18/h4-10,12H,11H2,1-3H3,(H,22,23). The highest BCUT2D eigenvalue weighted by atomic mass is 32.1. The first-order chi connectivity index (χ1) is 12.0. The maximum absolute atomic E-state index is 12.3. The van der Waals surface area contributed by atoms with Crippen molar-refractivity contribution in [2.75, 3.05) is 11.9 Å². The first kappa shape index (κ1) is 17.2. The van der Waals surface area contributed by atoms with Crippen LogP contribution in [0.15, 0.2) is 47.8 Å². The molecule has 3 aromatic rings. The maximum atomic E-state index is 12.3. The number of benzene rings is 2. The number of carbonyl (C=O) groups is 1. The largest absolute Gasteiger partial charge is 0.483 e. The second-order valence-corrected chi connectivity index (χ2v) is 6.89. The van der Waals surface area contributed by atoms with Crippen LogP contribution in [0.5, 0.6) is 5.75 Å². The Hall–Kier alpha value is -2.66. The van der Waals surface area contributed by atoms with Crippen LogP contribution in [0.3, 0.4) is 0 Å². The lowest BCUT2D eigenvalue weighted by atomic mass is 10.1. The number of hydrogen-bond donors (Lipinski definition) is 1. The van der Waals surface area contributed by atoms with E-state index in [-0.39, 0.29) is 12.5 Å². The Morgan fingerprint density at radius 2 is 1.92 bits per heavy atom. The Kier molecular flexibility index (Phi) is 5.14. The molecule has 1 N–H and O–H groups in total. The summed E-state index contributed by atoms with van der Waals surface area (Å²) < 4.78 is 5.68. The summed E-state index contributed by atoms with van der Waals surface area (Å²) in [6, 6.07) is 13.5. The van der Waals surface area contributed by atoms with Crippen molar-refractivity contribution < 1.29 is 9.53 Å². The number of thiazole rings is 1. The van der Waals surface area contributed by atoms with Gasteiger partial charge < -0.3 is 10.1 Å². The number of nitrogens with one attached hydrogen (secondary N) is 1. The zero-order valence-electron chi connectivity index (χ0n) is 14.5. The number of nitrogens with zero attached hydrogens (tertiary/aromatic N) is 1. The quantitative estimate of drug-likeness (QED) is 0.721. The molecule has 0 unspecified atom stereocenters. The molecule has 0 saturated carbocycles. The molecule has 5 heteroatoms. The van der Waals surface area contributed by atoms with E-state index in [0.29, 0.717) is 0 Å². The molecule has 0 radical (unpaired) electrons. The van der Waals surface area contributed by atoms with Crippen LogP contribution in [0.25, 0.3) is 11.3 Å². The topological polar surface area (TPSA) is 51.2 Å². The zero-order valence-corrected chi connectivity index (χ0v) is 15.3. The zero-order chi connectivity index (χ0) is 17.8. The van der Waals surface area contributed by atoms with Gasteiger partial charge >= 0.3 is 0 Å². The van der Waals surface area contributed by atoms with Crippen LogP contribution < -0.4 is 10.1 Å². The highest BCUT2D eigenvalue weighted by Crippen LogP contribution is 2.28. The van der Waals surface area contributed by atoms with Crippen molar-refractivity contribution in [1.29, 1.82) is 0 Å². The molecule has 4 nitrogen and oxygen atoms in total. The molecule has 0 fully saturated rings. The second kappa shape index (κ2) is 7.49. The normalized spacial score (nSPS) is 10.5. The predicted molar refractivity (Wildman–Crippen MR) is 102 cm³/mol. The Balaban J connectivity index is 1.70. The summed E-state index contributed by atoms with van der Waals surface area (Å²) in [6.45, 7) is 5.94. The lowest BCUT2D eigenvalue weighted by Crippen LogP contribution is -2.20. The Morgan fingerprint density at radius 3 is 2.68 bits per heavy atom. The van der Waals surface area contributed by atoms with Crippen molar-refractivity contribution in [3.05, 3.63) is 64.0 Å². The van der Waals surface area contributed by atoms with Crippen molar-refractivity contribution in [2.24, 2.45) is 0 Å². The van der Waals surface area contributed by atoms with Crippen molar-refractivity contribution in [2.45, 2.75) is 20.8 Å². The molecule has 0 bridgehead atoms. The minimum atomic E-state index is -0.194. The van der Waals surface area contributed by atoms with E-state index in [1.807, 2.05) is 68.6 Å². The molecule has 2 aromatic carbocycles. The Labute approximate surface area is 151 Å². The molecule has 1 amide bonds. The van der Waals surface area contributed by atoms with E-state index in [1.165, 1.54) is 0 Å². The van der Waals surface area contributed by atoms with Gasteiger partial charge in [-0.15, -0.1) is 11.3 Å². The number of para-hydroxylation sites is 1. The van der Waals surface area contributed by atoms with Gasteiger partial charge in [0.15, 0.2) is 6.61 Å². The Bertz CT molecular complexity index is 902. The first-order valence-electron chi connectivity index (χ1n) is 8.05. The minimum absolute atomic E-state index is 0.0330. The lowest BCUT2D eigenvalue weighted by Gasteiger charge is -2.12. The summed E-state index contributed by atoms with van der Waals surface area (Å²) in [5.41, 5.74) is 4.71. The number of aryl methyl sites for hydroxylation is 2. The molecular formula is C20H20N2O2S. The molecule has 0 aliphatic rings. The molecule has 25 heavy (non-hydrogen) atoms. The van der Waals surface area contributed by atoms with E-state index in [4.69, 9.17) is 4.74 Å². The molecule has 0 aliphatic carbocycles. The van der Waals surface area contributed by atoms with Gasteiger partial charge in [0.2, 0.25) is 0 Å². The molecule has 0 spiro atoms. The fourth-order valence-electron chi connectivity index (χ4n) is 2.51. The smallest absolute Gasteiger partial charge is 0.262 e. The molecule has 1 aromatic heterocycles. The third-order valence-corrected chi connectivity index (χ3v) is 4.78. The van der Waals surface area contributed by atoms with E-state index in [0.717, 1.165) is 38.8 Å². The van der Waals surface area contributed by atoms with Crippen molar-refractivity contribution in [3.63, 3.8) is 0 Å². The number of hydrogen-bond acceptors (Lipinski definition) is 4. The summed E-state index contributed by atoms with van der Waals surface area (Å²) in [7, 11) is 0. The summed E-state index contributed by atoms with van der Waals surface area (Å²) >= 11 is 1.59. The highest BCUT2D eigenvalue weighted by Gasteiger charge is 2.11. The van der Waals surface area contributed by atoms with Gasteiger partial charge in [-0.05, 0) is 44.0 Å². The SMILES string of the molecule is Cc1nc(-c2ccccc2NC(=O)COc2cccc(C)c2C)cs1. The summed E-state index contributed by atoms with van der Waals surface area (Å²) in [6.07, 6.45) is 0. The van der Waals surface area contributed by atoms with Gasteiger partial charge in [0, 0.05) is 10.9 Å². The van der Waals surface area contributed by atoms with Crippen molar-refractivity contribution in [1.82, 2.24) is 4.98 Å². The van der Waals surface area contributed by atoms with Gasteiger partial charge in [-0.25, -0.2) is 4.98 Å². The third-order valence-electron chi connectivity index (χ3n) is 4.01. The van der Waals surface area contributed by atoms with E-state index in [1.54, 1.807) is 11.3 Å². The van der Waals surface area contributed by atoms with Crippen LogP contribution in [0.1, 0.15) is 16.1 Å². The van der Waals surface area contributed by atoms with Crippen LogP contribution in [-0.4, -0.2) is 17.5 Å². The van der Waals surface area contributed by atoms with Gasteiger partial charge in [0.1, 0.15) is 5.75 Å². The molecule has 1 heterocycles. The van der Waals surface area contributed by atoms with Gasteiger partial charge in [-0.2, -0.15) is 0 Å². The molecule has 0 atom stereocenters.